The molecule has 0 saturated carbocycles. The van der Waals surface area contributed by atoms with Gasteiger partial charge in [-0.2, -0.15) is 5.26 Å². The monoisotopic (exact) mass is 231 g/mol. The lowest BCUT2D eigenvalue weighted by Gasteiger charge is -2.12. The molecular weight excluding hydrogens is 222 g/mol. The molecule has 16 heavy (non-hydrogen) atoms. The average Bonchev–Trinajstić information content (AvgIpc) is 2.25. The third kappa shape index (κ3) is 2.72. The van der Waals surface area contributed by atoms with Crippen LogP contribution < -0.4 is 0 Å². The Hall–Kier alpha value is -1.57. The lowest BCUT2D eigenvalue weighted by molar-refractivity contribution is 0.142. The van der Waals surface area contributed by atoms with E-state index in [4.69, 9.17) is 5.26 Å². The van der Waals surface area contributed by atoms with Crippen LogP contribution in [0, 0.1) is 11.3 Å². The number of halogens is 4. The highest BCUT2D eigenvalue weighted by Gasteiger charge is 2.20. The number of rotatable bonds is 4. The minimum atomic E-state index is -2.80. The molecule has 5 heteroatoms. The quantitative estimate of drug-likeness (QED) is 0.718. The van der Waals surface area contributed by atoms with Gasteiger partial charge in [-0.25, -0.2) is 17.6 Å². The molecule has 0 N–H and O–H groups in total. The molecule has 0 saturated heterocycles. The lowest BCUT2D eigenvalue weighted by atomic mass is 9.97. The molecule has 1 aromatic rings. The van der Waals surface area contributed by atoms with Crippen molar-refractivity contribution in [3.8, 4) is 6.07 Å². The molecule has 1 aromatic carbocycles. The van der Waals surface area contributed by atoms with Crippen molar-refractivity contribution in [3.63, 3.8) is 0 Å². The highest BCUT2D eigenvalue weighted by Crippen LogP contribution is 2.31. The third-order valence-corrected chi connectivity index (χ3v) is 2.21. The molecule has 0 bridgehead atoms. The Bertz CT molecular complexity index is 369. The molecular formula is C11H9F4N. The first-order valence-electron chi connectivity index (χ1n) is 4.62. The molecule has 0 aliphatic carbocycles. The van der Waals surface area contributed by atoms with Crippen molar-refractivity contribution in [1.82, 2.24) is 0 Å². The normalized spacial score (nSPS) is 10.8. The molecule has 0 aliphatic rings. The number of benzene rings is 1. The van der Waals surface area contributed by atoms with E-state index in [2.05, 4.69) is 0 Å². The van der Waals surface area contributed by atoms with Crippen LogP contribution in [0.25, 0.3) is 0 Å². The van der Waals surface area contributed by atoms with Crippen molar-refractivity contribution in [1.29, 1.82) is 5.26 Å². The predicted molar refractivity (Wildman–Crippen MR) is 50.3 cm³/mol. The Morgan fingerprint density at radius 1 is 1.06 bits per heavy atom. The van der Waals surface area contributed by atoms with Crippen LogP contribution in [-0.2, 0) is 6.42 Å². The van der Waals surface area contributed by atoms with E-state index in [1.54, 1.807) is 6.07 Å². The van der Waals surface area contributed by atoms with Gasteiger partial charge in [-0.05, 0) is 12.0 Å². The Labute approximate surface area is 90.3 Å². The van der Waals surface area contributed by atoms with Gasteiger partial charge in [0.05, 0.1) is 6.07 Å². The number of hydrogen-bond acceptors (Lipinski definition) is 1. The molecule has 0 amide bonds. The number of alkyl halides is 4. The second kappa shape index (κ2) is 5.50. The summed E-state index contributed by atoms with van der Waals surface area (Å²) in [6, 6.07) is 5.17. The van der Waals surface area contributed by atoms with Crippen molar-refractivity contribution in [2.75, 3.05) is 0 Å². The molecule has 1 rings (SSSR count). The molecule has 86 valence electrons. The largest absolute Gasteiger partial charge is 0.264 e. The standard InChI is InChI=1S/C11H9F4N/c12-10(13)8-3-1-4-9(11(14)15)7(8)5-2-6-16/h1,3-4,10-11H,2,5H2. The van der Waals surface area contributed by atoms with E-state index in [1.807, 2.05) is 0 Å². The van der Waals surface area contributed by atoms with E-state index >= 15 is 0 Å². The van der Waals surface area contributed by atoms with E-state index in [0.29, 0.717) is 0 Å². The van der Waals surface area contributed by atoms with Gasteiger partial charge in [0, 0.05) is 17.5 Å². The van der Waals surface area contributed by atoms with Gasteiger partial charge in [0.15, 0.2) is 0 Å². The Balaban J connectivity index is 3.19. The predicted octanol–water partition coefficient (Wildman–Crippen LogP) is 4.02. The van der Waals surface area contributed by atoms with Crippen molar-refractivity contribution < 1.29 is 17.6 Å². The fourth-order valence-electron chi connectivity index (χ4n) is 1.50. The minimum absolute atomic E-state index is 0.0521. The molecule has 0 aliphatic heterocycles. The van der Waals surface area contributed by atoms with Crippen LogP contribution in [-0.4, -0.2) is 0 Å². The van der Waals surface area contributed by atoms with Gasteiger partial charge >= 0.3 is 0 Å². The summed E-state index contributed by atoms with van der Waals surface area (Å²) in [5.74, 6) is 0. The van der Waals surface area contributed by atoms with Gasteiger partial charge < -0.3 is 0 Å². The molecule has 0 radical (unpaired) electrons. The van der Waals surface area contributed by atoms with Gasteiger partial charge in [0.25, 0.3) is 12.9 Å². The summed E-state index contributed by atoms with van der Waals surface area (Å²) in [5, 5.41) is 8.36. The Morgan fingerprint density at radius 2 is 1.56 bits per heavy atom. The topological polar surface area (TPSA) is 23.8 Å². The van der Waals surface area contributed by atoms with Gasteiger partial charge in [0.2, 0.25) is 0 Å². The summed E-state index contributed by atoms with van der Waals surface area (Å²) in [6.07, 6.45) is -5.72. The SMILES string of the molecule is N#CCCc1c(C(F)F)cccc1C(F)F. The maximum Gasteiger partial charge on any atom is 0.264 e. The summed E-state index contributed by atoms with van der Waals surface area (Å²) >= 11 is 0. The first-order chi connectivity index (χ1) is 7.57. The first-order valence-corrected chi connectivity index (χ1v) is 4.62. The zero-order chi connectivity index (χ0) is 12.1. The molecule has 0 spiro atoms. The van der Waals surface area contributed by atoms with Crippen molar-refractivity contribution >= 4 is 0 Å². The maximum atomic E-state index is 12.6. The van der Waals surface area contributed by atoms with Crippen LogP contribution in [0.1, 0.15) is 36.0 Å². The van der Waals surface area contributed by atoms with Crippen LogP contribution >= 0.6 is 0 Å². The zero-order valence-electron chi connectivity index (χ0n) is 8.26. The van der Waals surface area contributed by atoms with Crippen LogP contribution in [0.15, 0.2) is 18.2 Å². The fourth-order valence-corrected chi connectivity index (χ4v) is 1.50. The summed E-state index contributed by atoms with van der Waals surface area (Å²) in [7, 11) is 0. The van der Waals surface area contributed by atoms with E-state index in [9.17, 15) is 17.6 Å². The summed E-state index contributed by atoms with van der Waals surface area (Å²) < 4.78 is 50.3. The van der Waals surface area contributed by atoms with E-state index in [0.717, 1.165) is 12.1 Å². The fraction of sp³-hybridized carbons (Fsp3) is 0.364. The van der Waals surface area contributed by atoms with Gasteiger partial charge in [0.1, 0.15) is 0 Å². The van der Waals surface area contributed by atoms with E-state index < -0.39 is 24.0 Å². The summed E-state index contributed by atoms with van der Waals surface area (Å²) in [4.78, 5) is 0. The number of nitrogens with zero attached hydrogens (tertiary/aromatic N) is 1. The average molecular weight is 231 g/mol. The van der Waals surface area contributed by atoms with Crippen LogP contribution in [0.5, 0.6) is 0 Å². The Kier molecular flexibility index (Phi) is 4.29. The summed E-state index contributed by atoms with van der Waals surface area (Å²) in [6.45, 7) is 0. The van der Waals surface area contributed by atoms with Crippen molar-refractivity contribution in [2.24, 2.45) is 0 Å². The minimum Gasteiger partial charge on any atom is -0.205 e. The smallest absolute Gasteiger partial charge is 0.205 e. The molecule has 0 unspecified atom stereocenters. The van der Waals surface area contributed by atoms with Crippen LogP contribution in [0.2, 0.25) is 0 Å². The second-order valence-electron chi connectivity index (χ2n) is 3.17. The highest BCUT2D eigenvalue weighted by molar-refractivity contribution is 5.37. The van der Waals surface area contributed by atoms with Gasteiger partial charge in [-0.3, -0.25) is 0 Å². The molecule has 0 fully saturated rings. The number of hydrogen-bond donors (Lipinski definition) is 0. The lowest BCUT2D eigenvalue weighted by Crippen LogP contribution is -2.01. The van der Waals surface area contributed by atoms with Gasteiger partial charge in [-0.1, -0.05) is 18.2 Å². The second-order valence-corrected chi connectivity index (χ2v) is 3.17. The van der Waals surface area contributed by atoms with Crippen molar-refractivity contribution in [3.05, 3.63) is 34.9 Å². The zero-order valence-corrected chi connectivity index (χ0v) is 8.26. The van der Waals surface area contributed by atoms with Gasteiger partial charge in [-0.15, -0.1) is 0 Å². The first kappa shape index (κ1) is 12.5. The molecule has 0 atom stereocenters. The molecule has 0 heterocycles. The van der Waals surface area contributed by atoms with Crippen LogP contribution in [0.3, 0.4) is 0 Å². The Morgan fingerprint density at radius 3 is 1.94 bits per heavy atom. The third-order valence-electron chi connectivity index (χ3n) is 2.21. The summed E-state index contributed by atoms with van der Waals surface area (Å²) in [5.41, 5.74) is -0.921. The number of nitriles is 1. The highest BCUT2D eigenvalue weighted by atomic mass is 19.3. The van der Waals surface area contributed by atoms with Crippen molar-refractivity contribution in [2.45, 2.75) is 25.7 Å². The van der Waals surface area contributed by atoms with Crippen LogP contribution in [0.4, 0.5) is 17.6 Å². The van der Waals surface area contributed by atoms with E-state index in [1.165, 1.54) is 6.07 Å². The van der Waals surface area contributed by atoms with E-state index in [-0.39, 0.29) is 18.4 Å². The maximum absolute atomic E-state index is 12.6. The molecule has 0 aromatic heterocycles. The molecule has 1 nitrogen and oxygen atoms in total.